The zero-order chi connectivity index (χ0) is 32.0. The summed E-state index contributed by atoms with van der Waals surface area (Å²) < 4.78 is 47.2. The molecule has 0 aromatic carbocycles. The summed E-state index contributed by atoms with van der Waals surface area (Å²) in [5.41, 5.74) is -2.20. The van der Waals surface area contributed by atoms with Crippen molar-refractivity contribution in [3.63, 3.8) is 0 Å². The average Bonchev–Trinajstić information content (AvgIpc) is 3.33. The van der Waals surface area contributed by atoms with Crippen LogP contribution in [-0.4, -0.2) is 111 Å². The first-order chi connectivity index (χ1) is 20.6. The Morgan fingerprint density at radius 3 is 2.41 bits per heavy atom. The van der Waals surface area contributed by atoms with Gasteiger partial charge in [0.05, 0.1) is 24.0 Å². The number of anilines is 1. The van der Waals surface area contributed by atoms with Crippen LogP contribution < -0.4 is 9.75 Å². The Labute approximate surface area is 260 Å². The standard InChI is InChI=1S/C29H40ClF2N7O5/c1-27(2,3)43-25(40)36-10-12-38(39(13-11-36)26(41)44-28(4,5)6)23-19-15-33-22(30)20(32)21(19)34-24(35-23)42-17-29-8-7-9-37(29)16-18(31)14-29/h15,18H,7-14,16-17H2,1-6H3/t18-,29+/m1/s1. The minimum Gasteiger partial charge on any atom is -0.461 e. The van der Waals surface area contributed by atoms with Crippen LogP contribution in [0.5, 0.6) is 6.01 Å². The van der Waals surface area contributed by atoms with E-state index in [1.807, 2.05) is 0 Å². The van der Waals surface area contributed by atoms with Gasteiger partial charge in [0.15, 0.2) is 16.8 Å². The zero-order valence-electron chi connectivity index (χ0n) is 26.0. The minimum absolute atomic E-state index is 0.0231. The summed E-state index contributed by atoms with van der Waals surface area (Å²) in [6, 6.07) is -0.158. The molecule has 242 valence electrons. The maximum absolute atomic E-state index is 15.4. The van der Waals surface area contributed by atoms with Crippen molar-refractivity contribution in [2.75, 3.05) is 50.9 Å². The number of amides is 2. The van der Waals surface area contributed by atoms with Crippen molar-refractivity contribution in [1.29, 1.82) is 0 Å². The van der Waals surface area contributed by atoms with Crippen LogP contribution in [-0.2, 0) is 9.47 Å². The molecule has 0 N–H and O–H groups in total. The van der Waals surface area contributed by atoms with E-state index in [4.69, 9.17) is 25.8 Å². The summed E-state index contributed by atoms with van der Waals surface area (Å²) in [6.45, 7) is 12.1. The third-order valence-electron chi connectivity index (χ3n) is 7.79. The number of pyridine rings is 1. The number of hydrazine groups is 1. The number of fused-ring (bicyclic) bond motifs is 2. The number of carbonyl (C=O) groups is 2. The van der Waals surface area contributed by atoms with Crippen LogP contribution in [0.25, 0.3) is 10.9 Å². The molecule has 3 aliphatic heterocycles. The molecule has 2 amide bonds. The van der Waals surface area contributed by atoms with Gasteiger partial charge in [-0.15, -0.1) is 0 Å². The number of halogens is 3. The van der Waals surface area contributed by atoms with Crippen molar-refractivity contribution in [1.82, 2.24) is 29.8 Å². The van der Waals surface area contributed by atoms with E-state index in [1.165, 1.54) is 21.1 Å². The highest BCUT2D eigenvalue weighted by atomic mass is 35.5. The maximum Gasteiger partial charge on any atom is 0.429 e. The maximum atomic E-state index is 15.4. The molecule has 2 aromatic rings. The Morgan fingerprint density at radius 1 is 1.02 bits per heavy atom. The third kappa shape index (κ3) is 6.85. The SMILES string of the molecule is CC(C)(C)OC(=O)N1CCN(C(=O)OC(C)(C)C)N(c2nc(OC[C@@]34CCCN3C[C@H](F)C4)nc3c(F)c(Cl)ncc23)CC1. The number of alkyl halides is 1. The Morgan fingerprint density at radius 2 is 1.70 bits per heavy atom. The van der Waals surface area contributed by atoms with Crippen LogP contribution in [0.3, 0.4) is 0 Å². The molecule has 0 radical (unpaired) electrons. The molecule has 3 aliphatic rings. The lowest BCUT2D eigenvalue weighted by atomic mass is 9.95. The summed E-state index contributed by atoms with van der Waals surface area (Å²) in [6.07, 6.45) is 1.15. The lowest BCUT2D eigenvalue weighted by Gasteiger charge is -2.35. The lowest BCUT2D eigenvalue weighted by molar-refractivity contribution is 0.0185. The third-order valence-corrected chi connectivity index (χ3v) is 8.05. The lowest BCUT2D eigenvalue weighted by Crippen LogP contribution is -2.50. The fraction of sp³-hybridized carbons (Fsp3) is 0.690. The summed E-state index contributed by atoms with van der Waals surface area (Å²) in [4.78, 5) is 43.0. The largest absolute Gasteiger partial charge is 0.461 e. The molecule has 0 saturated carbocycles. The van der Waals surface area contributed by atoms with Gasteiger partial charge in [-0.25, -0.2) is 28.4 Å². The van der Waals surface area contributed by atoms with Crippen molar-refractivity contribution in [3.05, 3.63) is 17.2 Å². The second-order valence-electron chi connectivity index (χ2n) is 13.5. The monoisotopic (exact) mass is 639 g/mol. The predicted octanol–water partition coefficient (Wildman–Crippen LogP) is 4.98. The summed E-state index contributed by atoms with van der Waals surface area (Å²) in [5.74, 6) is -0.766. The molecule has 15 heteroatoms. The summed E-state index contributed by atoms with van der Waals surface area (Å²) in [7, 11) is 0. The number of ether oxygens (including phenoxy) is 3. The van der Waals surface area contributed by atoms with Gasteiger partial charge in [-0.3, -0.25) is 9.91 Å². The van der Waals surface area contributed by atoms with E-state index in [9.17, 15) is 14.0 Å². The van der Waals surface area contributed by atoms with Gasteiger partial charge in [-0.2, -0.15) is 9.97 Å². The second-order valence-corrected chi connectivity index (χ2v) is 13.9. The van der Waals surface area contributed by atoms with Crippen LogP contribution >= 0.6 is 11.6 Å². The first-order valence-corrected chi connectivity index (χ1v) is 15.2. The van der Waals surface area contributed by atoms with Crippen LogP contribution in [0, 0.1) is 5.82 Å². The molecule has 44 heavy (non-hydrogen) atoms. The Balaban J connectivity index is 1.53. The van der Waals surface area contributed by atoms with Crippen molar-refractivity contribution in [2.24, 2.45) is 0 Å². The Bertz CT molecular complexity index is 1420. The van der Waals surface area contributed by atoms with Gasteiger partial charge in [-0.05, 0) is 60.9 Å². The van der Waals surface area contributed by atoms with E-state index in [1.54, 1.807) is 41.5 Å². The highest BCUT2D eigenvalue weighted by molar-refractivity contribution is 6.30. The number of aromatic nitrogens is 3. The average molecular weight is 640 g/mol. The summed E-state index contributed by atoms with van der Waals surface area (Å²) in [5, 5.41) is 2.61. The molecule has 0 aliphatic carbocycles. The molecule has 2 atom stereocenters. The van der Waals surface area contributed by atoms with Gasteiger partial charge in [0.25, 0.3) is 0 Å². The first kappa shape index (κ1) is 32.1. The second kappa shape index (κ2) is 11.9. The van der Waals surface area contributed by atoms with Crippen LogP contribution in [0.4, 0.5) is 24.2 Å². The number of hydrogen-bond donors (Lipinski definition) is 0. The topological polar surface area (TPSA) is 113 Å². The van der Waals surface area contributed by atoms with Crippen LogP contribution in [0.1, 0.15) is 60.8 Å². The van der Waals surface area contributed by atoms with E-state index >= 15 is 4.39 Å². The van der Waals surface area contributed by atoms with Gasteiger partial charge < -0.3 is 19.1 Å². The highest BCUT2D eigenvalue weighted by Gasteiger charge is 2.49. The smallest absolute Gasteiger partial charge is 0.429 e. The molecular weight excluding hydrogens is 600 g/mol. The normalized spacial score (nSPS) is 23.1. The molecule has 0 spiro atoms. The minimum atomic E-state index is -0.957. The summed E-state index contributed by atoms with van der Waals surface area (Å²) >= 11 is 6.04. The van der Waals surface area contributed by atoms with Crippen LogP contribution in [0.2, 0.25) is 5.15 Å². The molecule has 3 saturated heterocycles. The van der Waals surface area contributed by atoms with Crippen molar-refractivity contribution in [3.8, 4) is 6.01 Å². The van der Waals surface area contributed by atoms with Gasteiger partial charge in [0, 0.05) is 32.3 Å². The van der Waals surface area contributed by atoms with E-state index in [0.717, 1.165) is 19.4 Å². The Hall–Kier alpha value is -3.26. The fourth-order valence-corrected chi connectivity index (χ4v) is 6.06. The number of nitrogens with zero attached hydrogens (tertiary/aromatic N) is 7. The molecule has 3 fully saturated rings. The van der Waals surface area contributed by atoms with E-state index in [-0.39, 0.29) is 60.7 Å². The van der Waals surface area contributed by atoms with Crippen LogP contribution in [0.15, 0.2) is 6.20 Å². The van der Waals surface area contributed by atoms with Gasteiger partial charge in [0.2, 0.25) is 0 Å². The van der Waals surface area contributed by atoms with Gasteiger partial charge in [0.1, 0.15) is 29.5 Å². The quantitative estimate of drug-likeness (QED) is 0.424. The van der Waals surface area contributed by atoms with E-state index in [2.05, 4.69) is 19.9 Å². The molecule has 5 rings (SSSR count). The molecule has 0 unspecified atom stereocenters. The molecule has 5 heterocycles. The van der Waals surface area contributed by atoms with Crippen molar-refractivity contribution < 1.29 is 32.6 Å². The van der Waals surface area contributed by atoms with Crippen molar-refractivity contribution in [2.45, 2.75) is 83.7 Å². The van der Waals surface area contributed by atoms with E-state index in [0.29, 0.717) is 13.0 Å². The van der Waals surface area contributed by atoms with E-state index < -0.39 is 40.9 Å². The molecule has 12 nitrogen and oxygen atoms in total. The molecule has 0 bridgehead atoms. The Kier molecular flexibility index (Phi) is 8.71. The van der Waals surface area contributed by atoms with Gasteiger partial charge in [-0.1, -0.05) is 11.6 Å². The van der Waals surface area contributed by atoms with Crippen molar-refractivity contribution >= 4 is 40.5 Å². The predicted molar refractivity (Wildman–Crippen MR) is 159 cm³/mol. The first-order valence-electron chi connectivity index (χ1n) is 14.8. The number of carbonyl (C=O) groups excluding carboxylic acids is 2. The number of rotatable bonds is 4. The highest BCUT2D eigenvalue weighted by Crippen LogP contribution is 2.40. The van der Waals surface area contributed by atoms with Gasteiger partial charge >= 0.3 is 18.2 Å². The fourth-order valence-electron chi connectivity index (χ4n) is 5.93. The number of hydrogen-bond acceptors (Lipinski definition) is 10. The molecular formula is C29H40ClF2N7O5. The zero-order valence-corrected chi connectivity index (χ0v) is 26.8. The molecule has 2 aromatic heterocycles.